The molecular weight excluding hydrogens is 286 g/mol. The van der Waals surface area contributed by atoms with E-state index in [4.69, 9.17) is 18.9 Å². The van der Waals surface area contributed by atoms with Crippen molar-refractivity contribution in [3.63, 3.8) is 0 Å². The maximum Gasteiger partial charge on any atom is 0.217 e. The van der Waals surface area contributed by atoms with Crippen molar-refractivity contribution in [2.75, 3.05) is 13.7 Å². The molecule has 2 heterocycles. The van der Waals surface area contributed by atoms with Crippen LogP contribution in [0.3, 0.4) is 0 Å². The number of ether oxygens (including phenoxy) is 4. The second kappa shape index (κ2) is 6.75. The first kappa shape index (κ1) is 15.4. The van der Waals surface area contributed by atoms with E-state index < -0.39 is 6.29 Å². The summed E-state index contributed by atoms with van der Waals surface area (Å²) in [4.78, 5) is 11.5. The standard InChI is InChI=1S/C16H21NO5/c1-10(18)17-12-8-14(19-2)21-13-9-20-16(22-15(12)13)11-6-4-3-5-7-11/h3-7,12-16H,8-9H2,1-2H3,(H,17,18)/t12-,13+,14-,15-,16-/m0/s1. The number of rotatable bonds is 3. The lowest BCUT2D eigenvalue weighted by atomic mass is 9.97. The van der Waals surface area contributed by atoms with Crippen LogP contribution in [0.2, 0.25) is 0 Å². The number of nitrogens with one attached hydrogen (secondary N) is 1. The van der Waals surface area contributed by atoms with Gasteiger partial charge >= 0.3 is 0 Å². The van der Waals surface area contributed by atoms with Gasteiger partial charge in [-0.15, -0.1) is 0 Å². The summed E-state index contributed by atoms with van der Waals surface area (Å²) in [5.74, 6) is -0.0909. The van der Waals surface area contributed by atoms with Gasteiger partial charge in [0.15, 0.2) is 12.6 Å². The number of hydrogen-bond donors (Lipinski definition) is 1. The molecule has 1 amide bonds. The van der Waals surface area contributed by atoms with Crippen LogP contribution in [0.1, 0.15) is 25.2 Å². The van der Waals surface area contributed by atoms with Crippen LogP contribution in [-0.2, 0) is 23.7 Å². The van der Waals surface area contributed by atoms with Crippen LogP contribution in [0.15, 0.2) is 30.3 Å². The topological polar surface area (TPSA) is 66.0 Å². The minimum absolute atomic E-state index is 0.0909. The van der Waals surface area contributed by atoms with E-state index in [1.165, 1.54) is 6.92 Å². The van der Waals surface area contributed by atoms with E-state index in [-0.39, 0.29) is 30.4 Å². The summed E-state index contributed by atoms with van der Waals surface area (Å²) in [6.45, 7) is 1.90. The average Bonchev–Trinajstić information content (AvgIpc) is 2.54. The minimum atomic E-state index is -0.443. The van der Waals surface area contributed by atoms with Crippen molar-refractivity contribution in [2.45, 2.75) is 44.2 Å². The average molecular weight is 307 g/mol. The van der Waals surface area contributed by atoms with Crippen molar-refractivity contribution in [3.05, 3.63) is 35.9 Å². The molecule has 0 aliphatic carbocycles. The second-order valence-electron chi connectivity index (χ2n) is 5.56. The lowest BCUT2D eigenvalue weighted by molar-refractivity contribution is -0.319. The van der Waals surface area contributed by atoms with Gasteiger partial charge in [-0.25, -0.2) is 0 Å². The third-order valence-corrected chi connectivity index (χ3v) is 3.95. The number of carbonyl (C=O) groups excluding carboxylic acids is 1. The smallest absolute Gasteiger partial charge is 0.217 e. The monoisotopic (exact) mass is 307 g/mol. The Balaban J connectivity index is 1.75. The first-order valence-electron chi connectivity index (χ1n) is 7.44. The zero-order chi connectivity index (χ0) is 15.5. The summed E-state index contributed by atoms with van der Waals surface area (Å²) >= 11 is 0. The van der Waals surface area contributed by atoms with Crippen molar-refractivity contribution in [3.8, 4) is 0 Å². The van der Waals surface area contributed by atoms with Crippen LogP contribution < -0.4 is 5.32 Å². The molecule has 6 nitrogen and oxygen atoms in total. The summed E-state index contributed by atoms with van der Waals surface area (Å²) in [6, 6.07) is 9.59. The Morgan fingerprint density at radius 3 is 2.73 bits per heavy atom. The molecule has 0 aromatic heterocycles. The number of benzene rings is 1. The Morgan fingerprint density at radius 1 is 1.27 bits per heavy atom. The van der Waals surface area contributed by atoms with Crippen LogP contribution in [0, 0.1) is 0 Å². The summed E-state index contributed by atoms with van der Waals surface area (Å²) in [5, 5.41) is 2.94. The minimum Gasteiger partial charge on any atom is -0.356 e. The fraction of sp³-hybridized carbons (Fsp3) is 0.562. The van der Waals surface area contributed by atoms with Gasteiger partial charge in [-0.2, -0.15) is 0 Å². The molecule has 1 aromatic carbocycles. The van der Waals surface area contributed by atoms with Crippen molar-refractivity contribution < 1.29 is 23.7 Å². The van der Waals surface area contributed by atoms with E-state index in [2.05, 4.69) is 5.32 Å². The fourth-order valence-electron chi connectivity index (χ4n) is 2.95. The quantitative estimate of drug-likeness (QED) is 0.913. The predicted molar refractivity (Wildman–Crippen MR) is 77.9 cm³/mol. The van der Waals surface area contributed by atoms with Gasteiger partial charge in [0, 0.05) is 26.0 Å². The Bertz CT molecular complexity index is 509. The lowest BCUT2D eigenvalue weighted by Crippen LogP contribution is -2.60. The molecule has 0 bridgehead atoms. The van der Waals surface area contributed by atoms with Crippen molar-refractivity contribution >= 4 is 5.91 Å². The normalized spacial score (nSPS) is 34.7. The maximum absolute atomic E-state index is 11.5. The predicted octanol–water partition coefficient (Wildman–Crippen LogP) is 1.37. The van der Waals surface area contributed by atoms with Gasteiger partial charge < -0.3 is 24.3 Å². The Morgan fingerprint density at radius 2 is 2.05 bits per heavy atom. The molecular formula is C16H21NO5. The Kier molecular flexibility index (Phi) is 4.73. The van der Waals surface area contributed by atoms with Gasteiger partial charge in [0.05, 0.1) is 12.6 Å². The van der Waals surface area contributed by atoms with Gasteiger partial charge in [0.25, 0.3) is 0 Å². The molecule has 6 heteroatoms. The van der Waals surface area contributed by atoms with E-state index in [1.54, 1.807) is 7.11 Å². The van der Waals surface area contributed by atoms with Gasteiger partial charge in [0.2, 0.25) is 5.91 Å². The number of hydrogen-bond acceptors (Lipinski definition) is 5. The van der Waals surface area contributed by atoms with Crippen molar-refractivity contribution in [2.24, 2.45) is 0 Å². The number of amides is 1. The molecule has 2 aliphatic rings. The van der Waals surface area contributed by atoms with Crippen LogP contribution >= 0.6 is 0 Å². The van der Waals surface area contributed by atoms with Crippen molar-refractivity contribution in [1.29, 1.82) is 0 Å². The van der Waals surface area contributed by atoms with Gasteiger partial charge in [-0.3, -0.25) is 4.79 Å². The summed E-state index contributed by atoms with van der Waals surface area (Å²) in [5.41, 5.74) is 0.955. The van der Waals surface area contributed by atoms with Crippen LogP contribution in [-0.4, -0.2) is 44.2 Å². The molecule has 0 unspecified atom stereocenters. The molecule has 0 saturated carbocycles. The second-order valence-corrected chi connectivity index (χ2v) is 5.56. The summed E-state index contributed by atoms with van der Waals surface area (Å²) in [7, 11) is 1.59. The molecule has 5 atom stereocenters. The van der Waals surface area contributed by atoms with Gasteiger partial charge in [0.1, 0.15) is 12.2 Å². The highest BCUT2D eigenvalue weighted by atomic mass is 16.7. The molecule has 1 N–H and O–H groups in total. The van der Waals surface area contributed by atoms with Gasteiger partial charge in [-0.1, -0.05) is 30.3 Å². The third-order valence-electron chi connectivity index (χ3n) is 3.95. The molecule has 3 rings (SSSR count). The summed E-state index contributed by atoms with van der Waals surface area (Å²) in [6.07, 6.45) is -0.761. The van der Waals surface area contributed by atoms with Gasteiger partial charge in [-0.05, 0) is 0 Å². The largest absolute Gasteiger partial charge is 0.356 e. The molecule has 0 spiro atoms. The van der Waals surface area contributed by atoms with E-state index in [1.807, 2.05) is 30.3 Å². The number of methoxy groups -OCH3 is 1. The van der Waals surface area contributed by atoms with Crippen LogP contribution in [0.25, 0.3) is 0 Å². The Labute approximate surface area is 129 Å². The van der Waals surface area contributed by atoms with E-state index in [0.717, 1.165) is 5.56 Å². The van der Waals surface area contributed by atoms with Crippen LogP contribution in [0.5, 0.6) is 0 Å². The van der Waals surface area contributed by atoms with Crippen molar-refractivity contribution in [1.82, 2.24) is 5.32 Å². The summed E-state index contributed by atoms with van der Waals surface area (Å²) < 4.78 is 22.9. The highest BCUT2D eigenvalue weighted by Crippen LogP contribution is 2.33. The zero-order valence-electron chi connectivity index (χ0n) is 12.7. The Hall–Kier alpha value is -1.47. The fourth-order valence-corrected chi connectivity index (χ4v) is 2.95. The number of fused-ring (bicyclic) bond motifs is 1. The number of carbonyl (C=O) groups is 1. The molecule has 22 heavy (non-hydrogen) atoms. The zero-order valence-corrected chi connectivity index (χ0v) is 12.7. The maximum atomic E-state index is 11.5. The molecule has 120 valence electrons. The molecule has 0 radical (unpaired) electrons. The van der Waals surface area contributed by atoms with Crippen LogP contribution in [0.4, 0.5) is 0 Å². The van der Waals surface area contributed by atoms with E-state index in [0.29, 0.717) is 13.0 Å². The lowest BCUT2D eigenvalue weighted by Gasteiger charge is -2.45. The highest BCUT2D eigenvalue weighted by Gasteiger charge is 2.44. The van der Waals surface area contributed by atoms with E-state index >= 15 is 0 Å². The highest BCUT2D eigenvalue weighted by molar-refractivity contribution is 5.73. The molecule has 2 aliphatic heterocycles. The molecule has 1 aromatic rings. The molecule has 2 saturated heterocycles. The molecule has 2 fully saturated rings. The third kappa shape index (κ3) is 3.30. The SMILES string of the molecule is CO[C@@H]1C[C@H](NC(C)=O)[C@@H]2O[C@@H](c3ccccc3)OC[C@H]2O1. The first-order chi connectivity index (χ1) is 10.7. The van der Waals surface area contributed by atoms with E-state index in [9.17, 15) is 4.79 Å². The first-order valence-corrected chi connectivity index (χ1v) is 7.44.